The number of phenolic OH excluding ortho intramolecular Hbond substituents is 2. The van der Waals surface area contributed by atoms with Gasteiger partial charge in [0.2, 0.25) is 0 Å². The van der Waals surface area contributed by atoms with E-state index in [1.807, 2.05) is 0 Å². The number of hydrogen-bond donors (Lipinski definition) is 3. The number of ether oxygens (including phenoxy) is 1. The smallest absolute Gasteiger partial charge is 0.328 e. The fourth-order valence-corrected chi connectivity index (χ4v) is 4.41. The normalized spacial score (nSPS) is 11.4. The van der Waals surface area contributed by atoms with Crippen molar-refractivity contribution in [2.45, 2.75) is 18.9 Å². The molecule has 0 saturated heterocycles. The molecule has 0 bridgehead atoms. The van der Waals surface area contributed by atoms with Crippen molar-refractivity contribution in [2.75, 3.05) is 13.2 Å². The first kappa shape index (κ1) is 22.5. The number of benzene rings is 1. The molecule has 2 rings (SSSR count). The standard InChI is InChI=1S/C16H16N2O8S3/c19-11-3-2-9(7-12(11)20)6-10(16(22)25-4-1-5-26-18(23)24)17-15(21)13-8-14(27)29-28-13/h2-3,7-8,10,19-20H,1,4-6H2,(H,17,21). The fraction of sp³-hybridized carbons (Fsp3) is 0.312. The Morgan fingerprint density at radius 2 is 1.97 bits per heavy atom. The zero-order valence-corrected chi connectivity index (χ0v) is 17.2. The van der Waals surface area contributed by atoms with E-state index in [4.69, 9.17) is 17.0 Å². The number of carbonyl (C=O) groups is 2. The molecule has 2 aromatic rings. The van der Waals surface area contributed by atoms with Crippen LogP contribution in [0.3, 0.4) is 0 Å². The van der Waals surface area contributed by atoms with E-state index in [0.29, 0.717) is 14.3 Å². The zero-order chi connectivity index (χ0) is 21.4. The molecule has 0 radical (unpaired) electrons. The van der Waals surface area contributed by atoms with Gasteiger partial charge < -0.3 is 25.1 Å². The first-order chi connectivity index (χ1) is 13.8. The number of amides is 1. The van der Waals surface area contributed by atoms with Crippen molar-refractivity contribution in [2.24, 2.45) is 0 Å². The number of carbonyl (C=O) groups excluding carboxylic acids is 2. The Morgan fingerprint density at radius 3 is 2.59 bits per heavy atom. The summed E-state index contributed by atoms with van der Waals surface area (Å²) in [6, 6.07) is 4.43. The van der Waals surface area contributed by atoms with E-state index in [1.165, 1.54) is 44.9 Å². The van der Waals surface area contributed by atoms with Gasteiger partial charge in [0.1, 0.15) is 14.7 Å². The molecule has 3 N–H and O–H groups in total. The fourth-order valence-electron chi connectivity index (χ4n) is 2.17. The molecule has 0 saturated carbocycles. The molecule has 1 amide bonds. The van der Waals surface area contributed by atoms with Crippen LogP contribution in [0, 0.1) is 13.9 Å². The molecular formula is C16H16N2O8S3. The number of esters is 1. The highest BCUT2D eigenvalue weighted by molar-refractivity contribution is 7.79. The van der Waals surface area contributed by atoms with E-state index in [1.54, 1.807) is 0 Å². The maximum atomic E-state index is 12.4. The third kappa shape index (κ3) is 7.29. The highest BCUT2D eigenvalue weighted by Crippen LogP contribution is 2.25. The van der Waals surface area contributed by atoms with Gasteiger partial charge in [-0.2, -0.15) is 0 Å². The summed E-state index contributed by atoms with van der Waals surface area (Å²) < 4.78 is 5.61. The summed E-state index contributed by atoms with van der Waals surface area (Å²) in [6.45, 7) is -0.376. The number of aromatic hydroxyl groups is 2. The number of phenols is 2. The van der Waals surface area contributed by atoms with Gasteiger partial charge >= 0.3 is 5.97 Å². The van der Waals surface area contributed by atoms with Gasteiger partial charge in [0.15, 0.2) is 11.5 Å². The Morgan fingerprint density at radius 1 is 1.21 bits per heavy atom. The summed E-state index contributed by atoms with van der Waals surface area (Å²) in [6.07, 6.45) is 0.0820. The zero-order valence-electron chi connectivity index (χ0n) is 14.7. The molecule has 156 valence electrons. The van der Waals surface area contributed by atoms with Gasteiger partial charge in [-0.25, -0.2) is 4.79 Å². The highest BCUT2D eigenvalue weighted by atomic mass is 32.9. The van der Waals surface area contributed by atoms with Crippen molar-refractivity contribution in [1.82, 2.24) is 5.32 Å². The molecule has 0 aliphatic carbocycles. The lowest BCUT2D eigenvalue weighted by Gasteiger charge is -2.17. The second-order valence-electron chi connectivity index (χ2n) is 5.63. The Balaban J connectivity index is 2.05. The Bertz CT molecular complexity index is 942. The second kappa shape index (κ2) is 10.7. The van der Waals surface area contributed by atoms with Gasteiger partial charge in [0, 0.05) is 12.8 Å². The van der Waals surface area contributed by atoms with Crippen molar-refractivity contribution in [1.29, 1.82) is 0 Å². The third-order valence-corrected chi connectivity index (χ3v) is 6.35. The van der Waals surface area contributed by atoms with Gasteiger partial charge in [-0.15, -0.1) is 10.1 Å². The van der Waals surface area contributed by atoms with E-state index >= 15 is 0 Å². The average Bonchev–Trinajstić information content (AvgIpc) is 3.10. The molecule has 1 heterocycles. The van der Waals surface area contributed by atoms with Crippen LogP contribution >= 0.6 is 32.9 Å². The monoisotopic (exact) mass is 460 g/mol. The molecule has 1 aromatic carbocycles. The molecule has 0 aliphatic heterocycles. The number of nitrogens with one attached hydrogen (secondary N) is 1. The summed E-state index contributed by atoms with van der Waals surface area (Å²) >= 11 is 5.00. The maximum absolute atomic E-state index is 12.4. The maximum Gasteiger partial charge on any atom is 0.328 e. The van der Waals surface area contributed by atoms with E-state index in [0.717, 1.165) is 0 Å². The van der Waals surface area contributed by atoms with Crippen LogP contribution in [0.2, 0.25) is 0 Å². The Labute approximate surface area is 176 Å². The van der Waals surface area contributed by atoms with Crippen LogP contribution in [0.4, 0.5) is 0 Å². The van der Waals surface area contributed by atoms with Crippen LogP contribution in [0.5, 0.6) is 11.5 Å². The molecule has 1 aromatic heterocycles. The van der Waals surface area contributed by atoms with Crippen LogP contribution in [-0.4, -0.2) is 46.4 Å². The average molecular weight is 461 g/mol. The minimum absolute atomic E-state index is 0.0145. The van der Waals surface area contributed by atoms with Crippen molar-refractivity contribution < 1.29 is 34.5 Å². The van der Waals surface area contributed by atoms with Gasteiger partial charge in [-0.1, -0.05) is 39.0 Å². The largest absolute Gasteiger partial charge is 0.504 e. The minimum atomic E-state index is -1.09. The number of nitrogens with zero attached hydrogens (tertiary/aromatic N) is 1. The van der Waals surface area contributed by atoms with Crippen LogP contribution < -0.4 is 5.32 Å². The topological polar surface area (TPSA) is 148 Å². The van der Waals surface area contributed by atoms with Crippen LogP contribution in [0.15, 0.2) is 24.3 Å². The lowest BCUT2D eigenvalue weighted by Crippen LogP contribution is -2.43. The van der Waals surface area contributed by atoms with Gasteiger partial charge in [0.05, 0.1) is 13.2 Å². The van der Waals surface area contributed by atoms with Gasteiger partial charge in [-0.3, -0.25) is 4.79 Å². The molecule has 1 unspecified atom stereocenters. The van der Waals surface area contributed by atoms with Crippen molar-refractivity contribution in [3.05, 3.63) is 48.6 Å². The summed E-state index contributed by atoms with van der Waals surface area (Å²) in [5.74, 6) is -1.95. The Hall–Kier alpha value is -2.77. The molecule has 0 spiro atoms. The van der Waals surface area contributed by atoms with Crippen molar-refractivity contribution in [3.63, 3.8) is 0 Å². The summed E-state index contributed by atoms with van der Waals surface area (Å²) in [5.41, 5.74) is 0.470. The van der Waals surface area contributed by atoms with E-state index in [-0.39, 0.29) is 37.6 Å². The summed E-state index contributed by atoms with van der Waals surface area (Å²) in [5, 5.41) is 30.8. The van der Waals surface area contributed by atoms with Crippen molar-refractivity contribution >= 4 is 44.8 Å². The molecule has 0 fully saturated rings. The number of rotatable bonds is 10. The Kier molecular flexibility index (Phi) is 8.30. The van der Waals surface area contributed by atoms with Crippen LogP contribution in [0.1, 0.15) is 21.7 Å². The lowest BCUT2D eigenvalue weighted by atomic mass is 10.1. The van der Waals surface area contributed by atoms with Gasteiger partial charge in [-0.05, 0) is 23.8 Å². The second-order valence-corrected chi connectivity index (χ2v) is 8.54. The predicted octanol–water partition coefficient (Wildman–Crippen LogP) is 2.43. The molecule has 1 atom stereocenters. The molecule has 0 aliphatic rings. The van der Waals surface area contributed by atoms with E-state index < -0.39 is 23.0 Å². The third-order valence-electron chi connectivity index (χ3n) is 3.49. The number of hydrogen-bond acceptors (Lipinski definition) is 11. The SMILES string of the molecule is O=C(NC(Cc1ccc(O)c(O)c1)C(=O)OCCCO[N+](=O)[O-])c1cc(=S)ss1. The first-order valence-corrected chi connectivity index (χ1v) is 10.7. The lowest BCUT2D eigenvalue weighted by molar-refractivity contribution is -0.757. The van der Waals surface area contributed by atoms with Crippen molar-refractivity contribution in [3.8, 4) is 11.5 Å². The van der Waals surface area contributed by atoms with E-state index in [9.17, 15) is 29.9 Å². The van der Waals surface area contributed by atoms with Crippen LogP contribution in [-0.2, 0) is 20.8 Å². The molecule has 10 nitrogen and oxygen atoms in total. The minimum Gasteiger partial charge on any atom is -0.504 e. The highest BCUT2D eigenvalue weighted by Gasteiger charge is 2.24. The molecule has 29 heavy (non-hydrogen) atoms. The molecule has 13 heteroatoms. The molecular weight excluding hydrogens is 444 g/mol. The van der Waals surface area contributed by atoms with Gasteiger partial charge in [0.25, 0.3) is 11.0 Å². The first-order valence-electron chi connectivity index (χ1n) is 8.12. The summed E-state index contributed by atoms with van der Waals surface area (Å²) in [4.78, 5) is 39.4. The van der Waals surface area contributed by atoms with E-state index in [2.05, 4.69) is 10.2 Å². The quantitative estimate of drug-likeness (QED) is 0.0924. The van der Waals surface area contributed by atoms with Crippen LogP contribution in [0.25, 0.3) is 0 Å². The predicted molar refractivity (Wildman–Crippen MR) is 106 cm³/mol. The summed E-state index contributed by atoms with van der Waals surface area (Å²) in [7, 11) is 2.42.